The van der Waals surface area contributed by atoms with Gasteiger partial charge in [0.05, 0.1) is 5.56 Å². The summed E-state index contributed by atoms with van der Waals surface area (Å²) in [6.07, 6.45) is 1.49. The van der Waals surface area contributed by atoms with Crippen molar-refractivity contribution < 1.29 is 9.53 Å². The number of ether oxygens (including phenoxy) is 1. The second-order valence-electron chi connectivity index (χ2n) is 3.03. The highest BCUT2D eigenvalue weighted by Crippen LogP contribution is 2.21. The number of halogens is 1. The third-order valence-corrected chi connectivity index (χ3v) is 2.16. The number of benzene rings is 1. The molecule has 0 fully saturated rings. The molecule has 5 nitrogen and oxygen atoms in total. The van der Waals surface area contributed by atoms with Crippen LogP contribution in [-0.4, -0.2) is 28.0 Å². The first-order valence-corrected chi connectivity index (χ1v) is 4.88. The predicted octanol–water partition coefficient (Wildman–Crippen LogP) is 1.95. The predicted molar refractivity (Wildman–Crippen MR) is 59.4 cm³/mol. The van der Waals surface area contributed by atoms with Crippen molar-refractivity contribution in [1.29, 1.82) is 0 Å². The minimum absolute atomic E-state index is 0.144. The Hall–Kier alpha value is -1.88. The molecule has 0 unspecified atom stereocenters. The molecule has 16 heavy (non-hydrogen) atoms. The quantitative estimate of drug-likeness (QED) is 0.655. The van der Waals surface area contributed by atoms with E-state index in [9.17, 15) is 4.79 Å². The van der Waals surface area contributed by atoms with E-state index in [-0.39, 0.29) is 12.2 Å². The fraction of sp³-hybridized carbons (Fsp3) is 0.100. The maximum absolute atomic E-state index is 11.7. The molecule has 0 spiro atoms. The number of rotatable bonds is 3. The fourth-order valence-corrected chi connectivity index (χ4v) is 1.50. The van der Waals surface area contributed by atoms with Crippen LogP contribution in [0.4, 0.5) is 0 Å². The van der Waals surface area contributed by atoms with Gasteiger partial charge in [-0.05, 0) is 12.1 Å². The summed E-state index contributed by atoms with van der Waals surface area (Å²) < 4.78 is 4.91. The SMILES string of the molecule is C=CCOC(=O)c1cc(Cl)cc2n[nH]nc12. The topological polar surface area (TPSA) is 67.9 Å². The zero-order valence-corrected chi connectivity index (χ0v) is 8.99. The molecule has 1 aromatic carbocycles. The van der Waals surface area contributed by atoms with E-state index in [1.165, 1.54) is 12.1 Å². The maximum atomic E-state index is 11.7. The summed E-state index contributed by atoms with van der Waals surface area (Å²) >= 11 is 5.85. The zero-order valence-electron chi connectivity index (χ0n) is 8.24. The molecule has 0 bridgehead atoms. The lowest BCUT2D eigenvalue weighted by Gasteiger charge is -2.02. The van der Waals surface area contributed by atoms with Crippen molar-refractivity contribution in [2.24, 2.45) is 0 Å². The first-order chi connectivity index (χ1) is 7.72. The van der Waals surface area contributed by atoms with E-state index in [4.69, 9.17) is 16.3 Å². The van der Waals surface area contributed by atoms with Gasteiger partial charge in [0.15, 0.2) is 0 Å². The van der Waals surface area contributed by atoms with Gasteiger partial charge in [0, 0.05) is 5.02 Å². The molecule has 82 valence electrons. The number of hydrogen-bond acceptors (Lipinski definition) is 4. The van der Waals surface area contributed by atoms with Crippen molar-refractivity contribution in [2.75, 3.05) is 6.61 Å². The normalized spacial score (nSPS) is 10.3. The van der Waals surface area contributed by atoms with Crippen LogP contribution in [0.15, 0.2) is 24.8 Å². The number of H-pyrrole nitrogens is 1. The van der Waals surface area contributed by atoms with Crippen LogP contribution in [0.1, 0.15) is 10.4 Å². The molecule has 2 rings (SSSR count). The van der Waals surface area contributed by atoms with Gasteiger partial charge in [0.1, 0.15) is 17.6 Å². The van der Waals surface area contributed by atoms with Crippen LogP contribution in [0, 0.1) is 0 Å². The Morgan fingerprint density at radius 3 is 3.12 bits per heavy atom. The van der Waals surface area contributed by atoms with Gasteiger partial charge in [-0.3, -0.25) is 0 Å². The summed E-state index contributed by atoms with van der Waals surface area (Å²) in [5.74, 6) is -0.499. The van der Waals surface area contributed by atoms with Gasteiger partial charge in [0.25, 0.3) is 0 Å². The minimum atomic E-state index is -0.499. The van der Waals surface area contributed by atoms with Crippen LogP contribution in [0.2, 0.25) is 5.02 Å². The molecule has 0 saturated heterocycles. The number of esters is 1. The van der Waals surface area contributed by atoms with Crippen LogP contribution in [0.25, 0.3) is 11.0 Å². The Kier molecular flexibility index (Phi) is 2.87. The molecule has 0 saturated carbocycles. The molecule has 0 amide bonds. The first-order valence-electron chi connectivity index (χ1n) is 4.50. The highest BCUT2D eigenvalue weighted by atomic mass is 35.5. The smallest absolute Gasteiger partial charge is 0.340 e. The van der Waals surface area contributed by atoms with E-state index < -0.39 is 5.97 Å². The lowest BCUT2D eigenvalue weighted by Crippen LogP contribution is -2.05. The number of nitrogens with one attached hydrogen (secondary N) is 1. The fourth-order valence-electron chi connectivity index (χ4n) is 1.28. The molecule has 0 atom stereocenters. The van der Waals surface area contributed by atoms with E-state index in [1.54, 1.807) is 6.07 Å². The molecule has 0 radical (unpaired) electrons. The van der Waals surface area contributed by atoms with Crippen LogP contribution in [0.5, 0.6) is 0 Å². The number of aromatic nitrogens is 3. The monoisotopic (exact) mass is 237 g/mol. The summed E-state index contributed by atoms with van der Waals surface area (Å²) in [5, 5.41) is 10.6. The van der Waals surface area contributed by atoms with E-state index >= 15 is 0 Å². The lowest BCUT2D eigenvalue weighted by atomic mass is 10.2. The third-order valence-electron chi connectivity index (χ3n) is 1.94. The Morgan fingerprint density at radius 1 is 1.56 bits per heavy atom. The molecule has 0 aliphatic heterocycles. The van der Waals surface area contributed by atoms with Crippen molar-refractivity contribution in [1.82, 2.24) is 15.4 Å². The minimum Gasteiger partial charge on any atom is -0.458 e. The maximum Gasteiger partial charge on any atom is 0.340 e. The number of carbonyl (C=O) groups excluding carboxylic acids is 1. The van der Waals surface area contributed by atoms with E-state index in [0.717, 1.165) is 0 Å². The number of carbonyl (C=O) groups is 1. The average molecular weight is 238 g/mol. The van der Waals surface area contributed by atoms with Gasteiger partial charge in [0.2, 0.25) is 0 Å². The van der Waals surface area contributed by atoms with Crippen molar-refractivity contribution in [3.05, 3.63) is 35.4 Å². The Bertz CT molecular complexity index is 550. The molecule has 1 N–H and O–H groups in total. The van der Waals surface area contributed by atoms with Crippen molar-refractivity contribution >= 4 is 28.6 Å². The van der Waals surface area contributed by atoms with Crippen LogP contribution >= 0.6 is 11.6 Å². The molecule has 6 heteroatoms. The van der Waals surface area contributed by atoms with Gasteiger partial charge in [-0.15, -0.1) is 0 Å². The van der Waals surface area contributed by atoms with Gasteiger partial charge < -0.3 is 4.74 Å². The third kappa shape index (κ3) is 1.90. The molecule has 1 heterocycles. The highest BCUT2D eigenvalue weighted by molar-refractivity contribution is 6.31. The summed E-state index contributed by atoms with van der Waals surface area (Å²) in [6, 6.07) is 3.11. The number of hydrogen-bond donors (Lipinski definition) is 1. The number of fused-ring (bicyclic) bond motifs is 1. The van der Waals surface area contributed by atoms with Crippen LogP contribution in [0.3, 0.4) is 0 Å². The summed E-state index contributed by atoms with van der Waals surface area (Å²) in [6.45, 7) is 3.60. The van der Waals surface area contributed by atoms with Gasteiger partial charge in [-0.25, -0.2) is 4.79 Å². The average Bonchev–Trinajstić information content (AvgIpc) is 2.72. The van der Waals surface area contributed by atoms with Crippen molar-refractivity contribution in [3.8, 4) is 0 Å². The molecular formula is C10H8ClN3O2. The Labute approximate surface area is 96.0 Å². The lowest BCUT2D eigenvalue weighted by molar-refractivity contribution is 0.0552. The summed E-state index contributed by atoms with van der Waals surface area (Å²) in [7, 11) is 0. The Balaban J connectivity index is 2.45. The highest BCUT2D eigenvalue weighted by Gasteiger charge is 2.15. The van der Waals surface area contributed by atoms with Gasteiger partial charge in [-0.2, -0.15) is 15.4 Å². The summed E-state index contributed by atoms with van der Waals surface area (Å²) in [4.78, 5) is 11.7. The summed E-state index contributed by atoms with van der Waals surface area (Å²) in [5.41, 5.74) is 1.26. The largest absolute Gasteiger partial charge is 0.458 e. The van der Waals surface area contributed by atoms with E-state index in [2.05, 4.69) is 22.0 Å². The number of aromatic amines is 1. The number of nitrogens with zero attached hydrogens (tertiary/aromatic N) is 2. The van der Waals surface area contributed by atoms with Crippen LogP contribution < -0.4 is 0 Å². The standard InChI is InChI=1S/C10H8ClN3O2/c1-2-3-16-10(15)7-4-6(11)5-8-9(7)13-14-12-8/h2,4-5H,1,3H2,(H,12,13,14). The molecule has 0 aliphatic carbocycles. The van der Waals surface area contributed by atoms with Gasteiger partial charge in [-0.1, -0.05) is 24.3 Å². The second-order valence-corrected chi connectivity index (χ2v) is 3.47. The molecular weight excluding hydrogens is 230 g/mol. The van der Waals surface area contributed by atoms with Crippen molar-refractivity contribution in [2.45, 2.75) is 0 Å². The second kappa shape index (κ2) is 4.32. The Morgan fingerprint density at radius 2 is 2.38 bits per heavy atom. The van der Waals surface area contributed by atoms with Crippen LogP contribution in [-0.2, 0) is 4.74 Å². The molecule has 0 aliphatic rings. The van der Waals surface area contributed by atoms with Crippen molar-refractivity contribution in [3.63, 3.8) is 0 Å². The van der Waals surface area contributed by atoms with Gasteiger partial charge >= 0.3 is 5.97 Å². The van der Waals surface area contributed by atoms with E-state index in [1.807, 2.05) is 0 Å². The van der Waals surface area contributed by atoms with E-state index in [0.29, 0.717) is 16.1 Å². The zero-order chi connectivity index (χ0) is 11.5. The molecule has 2 aromatic rings. The molecule has 1 aromatic heterocycles. The first kappa shape index (κ1) is 10.6.